The second-order valence-corrected chi connectivity index (χ2v) is 4.92. The molecule has 5 heteroatoms. The highest BCUT2D eigenvalue weighted by Gasteiger charge is 2.13. The van der Waals surface area contributed by atoms with Gasteiger partial charge in [0, 0.05) is 12.1 Å². The van der Waals surface area contributed by atoms with Crippen LogP contribution in [0.25, 0.3) is 0 Å². The van der Waals surface area contributed by atoms with E-state index in [4.69, 9.17) is 11.6 Å². The van der Waals surface area contributed by atoms with E-state index in [0.29, 0.717) is 11.7 Å². The molecule has 1 aromatic heterocycles. The zero-order valence-corrected chi connectivity index (χ0v) is 11.6. The fraction of sp³-hybridized carbons (Fsp3) is 0.286. The van der Waals surface area contributed by atoms with E-state index in [0.717, 1.165) is 16.9 Å². The molecule has 0 aliphatic heterocycles. The Morgan fingerprint density at radius 3 is 2.53 bits per heavy atom. The quantitative estimate of drug-likeness (QED) is 0.860. The van der Waals surface area contributed by atoms with Crippen LogP contribution in [0.4, 0.5) is 10.2 Å². The van der Waals surface area contributed by atoms with Crippen LogP contribution < -0.4 is 5.32 Å². The standard InChI is InChI=1S/C14H15ClFN3/c1-9(2)12-13(15)18-8-19-14(12)17-7-10-3-5-11(16)6-4-10/h3-6,8-9H,7H2,1-2H3,(H,17,18,19). The average molecular weight is 280 g/mol. The molecule has 0 saturated heterocycles. The zero-order chi connectivity index (χ0) is 13.8. The van der Waals surface area contributed by atoms with Crippen LogP contribution in [0.15, 0.2) is 30.6 Å². The third-order valence-corrected chi connectivity index (χ3v) is 3.09. The molecule has 19 heavy (non-hydrogen) atoms. The SMILES string of the molecule is CC(C)c1c(Cl)ncnc1NCc1ccc(F)cc1. The number of hydrogen-bond donors (Lipinski definition) is 1. The lowest BCUT2D eigenvalue weighted by Gasteiger charge is -2.14. The van der Waals surface area contributed by atoms with E-state index in [1.165, 1.54) is 18.5 Å². The van der Waals surface area contributed by atoms with Crippen LogP contribution in [0.5, 0.6) is 0 Å². The first-order valence-electron chi connectivity index (χ1n) is 6.06. The molecule has 1 aromatic carbocycles. The molecule has 0 unspecified atom stereocenters. The second-order valence-electron chi connectivity index (χ2n) is 4.56. The van der Waals surface area contributed by atoms with Crippen LogP contribution in [0.2, 0.25) is 5.15 Å². The number of aromatic nitrogens is 2. The van der Waals surface area contributed by atoms with Crippen LogP contribution in [-0.4, -0.2) is 9.97 Å². The fourth-order valence-electron chi connectivity index (χ4n) is 1.81. The first kappa shape index (κ1) is 13.7. The number of benzene rings is 1. The van der Waals surface area contributed by atoms with Crippen molar-refractivity contribution < 1.29 is 4.39 Å². The predicted octanol–water partition coefficient (Wildman–Crippen LogP) is 4.00. The molecule has 100 valence electrons. The van der Waals surface area contributed by atoms with Crippen molar-refractivity contribution in [2.24, 2.45) is 0 Å². The average Bonchev–Trinajstić information content (AvgIpc) is 2.37. The van der Waals surface area contributed by atoms with Crippen molar-refractivity contribution in [2.45, 2.75) is 26.3 Å². The van der Waals surface area contributed by atoms with Crippen LogP contribution in [0.3, 0.4) is 0 Å². The number of rotatable bonds is 4. The summed E-state index contributed by atoms with van der Waals surface area (Å²) >= 11 is 6.09. The molecule has 0 aliphatic rings. The van der Waals surface area contributed by atoms with Crippen molar-refractivity contribution in [1.82, 2.24) is 9.97 Å². The monoisotopic (exact) mass is 279 g/mol. The molecular weight excluding hydrogens is 265 g/mol. The third kappa shape index (κ3) is 3.41. The molecule has 0 spiro atoms. The summed E-state index contributed by atoms with van der Waals surface area (Å²) in [6, 6.07) is 6.35. The Hall–Kier alpha value is -1.68. The first-order valence-corrected chi connectivity index (χ1v) is 6.44. The maximum absolute atomic E-state index is 12.8. The largest absolute Gasteiger partial charge is 0.366 e. The van der Waals surface area contributed by atoms with Gasteiger partial charge in [-0.05, 0) is 23.6 Å². The summed E-state index contributed by atoms with van der Waals surface area (Å²) in [4.78, 5) is 8.21. The fourth-order valence-corrected chi connectivity index (χ4v) is 2.17. The molecule has 0 saturated carbocycles. The number of halogens is 2. The zero-order valence-electron chi connectivity index (χ0n) is 10.8. The summed E-state index contributed by atoms with van der Waals surface area (Å²) in [6.45, 7) is 4.63. The van der Waals surface area contributed by atoms with Crippen LogP contribution in [0.1, 0.15) is 30.9 Å². The lowest BCUT2D eigenvalue weighted by Crippen LogP contribution is -2.07. The third-order valence-electron chi connectivity index (χ3n) is 2.79. The van der Waals surface area contributed by atoms with Crippen LogP contribution in [-0.2, 0) is 6.54 Å². The van der Waals surface area contributed by atoms with Gasteiger partial charge in [-0.1, -0.05) is 37.6 Å². The van der Waals surface area contributed by atoms with Crippen molar-refractivity contribution in [3.8, 4) is 0 Å². The minimum atomic E-state index is -0.239. The second kappa shape index (κ2) is 5.97. The van der Waals surface area contributed by atoms with Gasteiger partial charge in [0.05, 0.1) is 0 Å². The van der Waals surface area contributed by atoms with Gasteiger partial charge in [-0.3, -0.25) is 0 Å². The molecular formula is C14H15ClFN3. The highest BCUT2D eigenvalue weighted by molar-refractivity contribution is 6.30. The molecule has 0 atom stereocenters. The molecule has 0 aliphatic carbocycles. The Kier molecular flexibility index (Phi) is 4.32. The van der Waals surface area contributed by atoms with E-state index in [-0.39, 0.29) is 11.7 Å². The first-order chi connectivity index (χ1) is 9.08. The summed E-state index contributed by atoms with van der Waals surface area (Å²) in [7, 11) is 0. The molecule has 2 rings (SSSR count). The number of nitrogens with one attached hydrogen (secondary N) is 1. The van der Waals surface area contributed by atoms with Crippen molar-refractivity contribution >= 4 is 17.4 Å². The minimum absolute atomic E-state index is 0.226. The molecule has 3 nitrogen and oxygen atoms in total. The number of hydrogen-bond acceptors (Lipinski definition) is 3. The summed E-state index contributed by atoms with van der Waals surface area (Å²) in [5.41, 5.74) is 1.87. The maximum Gasteiger partial charge on any atom is 0.138 e. The van der Waals surface area contributed by atoms with Gasteiger partial charge < -0.3 is 5.32 Å². The summed E-state index contributed by atoms with van der Waals surface area (Å²) in [6.07, 6.45) is 1.43. The summed E-state index contributed by atoms with van der Waals surface area (Å²) in [5.74, 6) is 0.709. The van der Waals surface area contributed by atoms with Gasteiger partial charge in [0.15, 0.2) is 0 Å². The van der Waals surface area contributed by atoms with Gasteiger partial charge in [0.25, 0.3) is 0 Å². The normalized spacial score (nSPS) is 10.8. The molecule has 2 aromatic rings. The van der Waals surface area contributed by atoms with Gasteiger partial charge >= 0.3 is 0 Å². The number of anilines is 1. The van der Waals surface area contributed by atoms with Gasteiger partial charge in [0.2, 0.25) is 0 Å². The summed E-state index contributed by atoms with van der Waals surface area (Å²) < 4.78 is 12.8. The lowest BCUT2D eigenvalue weighted by atomic mass is 10.1. The maximum atomic E-state index is 12.8. The van der Waals surface area contributed by atoms with Crippen LogP contribution in [0, 0.1) is 5.82 Å². The Morgan fingerprint density at radius 1 is 1.21 bits per heavy atom. The topological polar surface area (TPSA) is 37.8 Å². The van der Waals surface area contributed by atoms with E-state index in [1.807, 2.05) is 13.8 Å². The predicted molar refractivity (Wildman–Crippen MR) is 74.9 cm³/mol. The Labute approximate surface area is 116 Å². The van der Waals surface area contributed by atoms with Crippen molar-refractivity contribution in [3.05, 3.63) is 52.7 Å². The van der Waals surface area contributed by atoms with Crippen molar-refractivity contribution in [2.75, 3.05) is 5.32 Å². The molecule has 0 bridgehead atoms. The highest BCUT2D eigenvalue weighted by Crippen LogP contribution is 2.28. The van der Waals surface area contributed by atoms with Gasteiger partial charge in [-0.15, -0.1) is 0 Å². The molecule has 0 fully saturated rings. The van der Waals surface area contributed by atoms with E-state index < -0.39 is 0 Å². The van der Waals surface area contributed by atoms with Gasteiger partial charge in [-0.25, -0.2) is 14.4 Å². The Balaban J connectivity index is 2.15. The summed E-state index contributed by atoms with van der Waals surface area (Å²) in [5, 5.41) is 3.68. The Bertz CT molecular complexity index is 555. The molecule has 0 amide bonds. The van der Waals surface area contributed by atoms with Gasteiger partial charge in [0.1, 0.15) is 23.1 Å². The highest BCUT2D eigenvalue weighted by atomic mass is 35.5. The van der Waals surface area contributed by atoms with Crippen molar-refractivity contribution in [3.63, 3.8) is 0 Å². The lowest BCUT2D eigenvalue weighted by molar-refractivity contribution is 0.627. The minimum Gasteiger partial charge on any atom is -0.366 e. The van der Waals surface area contributed by atoms with E-state index in [2.05, 4.69) is 15.3 Å². The van der Waals surface area contributed by atoms with E-state index in [9.17, 15) is 4.39 Å². The van der Waals surface area contributed by atoms with E-state index >= 15 is 0 Å². The van der Waals surface area contributed by atoms with Crippen molar-refractivity contribution in [1.29, 1.82) is 0 Å². The molecule has 0 radical (unpaired) electrons. The Morgan fingerprint density at radius 2 is 1.89 bits per heavy atom. The molecule has 1 N–H and O–H groups in total. The smallest absolute Gasteiger partial charge is 0.138 e. The number of nitrogens with zero attached hydrogens (tertiary/aromatic N) is 2. The van der Waals surface area contributed by atoms with Crippen LogP contribution >= 0.6 is 11.6 Å². The molecule has 1 heterocycles. The van der Waals surface area contributed by atoms with Gasteiger partial charge in [-0.2, -0.15) is 0 Å². The van der Waals surface area contributed by atoms with E-state index in [1.54, 1.807) is 12.1 Å².